The highest BCUT2D eigenvalue weighted by Gasteiger charge is 2.18. The molecule has 4 nitrogen and oxygen atoms in total. The summed E-state index contributed by atoms with van der Waals surface area (Å²) in [6, 6.07) is 7.13. The Kier molecular flexibility index (Phi) is 5.82. The fourth-order valence-corrected chi connectivity index (χ4v) is 1.68. The molecule has 1 N–H and O–H groups in total. The van der Waals surface area contributed by atoms with Gasteiger partial charge in [0.25, 0.3) is 0 Å². The van der Waals surface area contributed by atoms with Gasteiger partial charge in [0.1, 0.15) is 5.75 Å². The van der Waals surface area contributed by atoms with Crippen molar-refractivity contribution in [3.8, 4) is 5.75 Å². The Bertz CT molecular complexity index is 376. The first-order valence-corrected chi connectivity index (χ1v) is 6.13. The number of carbonyl (C=O) groups excluding carboxylic acids is 1. The molecule has 1 unspecified atom stereocenters. The molecule has 0 bridgehead atoms. The number of hydrogen-bond donors (Lipinski definition) is 1. The van der Waals surface area contributed by atoms with Gasteiger partial charge in [-0.25, -0.2) is 0 Å². The summed E-state index contributed by atoms with van der Waals surface area (Å²) in [4.78, 5) is 14.3. The quantitative estimate of drug-likeness (QED) is 0.743. The van der Waals surface area contributed by atoms with Crippen molar-refractivity contribution >= 4 is 5.78 Å². The van der Waals surface area contributed by atoms with Crippen LogP contribution in [-0.2, 0) is 0 Å². The van der Waals surface area contributed by atoms with Crippen LogP contribution in [-0.4, -0.2) is 51.0 Å². The highest BCUT2D eigenvalue weighted by atomic mass is 16.5. The van der Waals surface area contributed by atoms with E-state index in [0.29, 0.717) is 0 Å². The first-order valence-electron chi connectivity index (χ1n) is 6.13. The van der Waals surface area contributed by atoms with Gasteiger partial charge < -0.3 is 10.1 Å². The van der Waals surface area contributed by atoms with Gasteiger partial charge in [0, 0.05) is 18.7 Å². The van der Waals surface area contributed by atoms with E-state index in [-0.39, 0.29) is 11.8 Å². The van der Waals surface area contributed by atoms with Gasteiger partial charge in [0.15, 0.2) is 5.78 Å². The number of Topliss-reactive ketones (excluding diaryl/α,β-unsaturated/α-hetero) is 1. The summed E-state index contributed by atoms with van der Waals surface area (Å²) >= 11 is 0. The Morgan fingerprint density at radius 1 is 1.39 bits per heavy atom. The van der Waals surface area contributed by atoms with Crippen LogP contribution in [0, 0.1) is 0 Å². The van der Waals surface area contributed by atoms with Crippen molar-refractivity contribution in [2.75, 3.05) is 34.3 Å². The highest BCUT2D eigenvalue weighted by molar-refractivity contribution is 5.99. The smallest absolute Gasteiger partial charge is 0.179 e. The molecule has 0 saturated carbocycles. The average molecular weight is 250 g/mol. The molecular weight excluding hydrogens is 228 g/mol. The number of likely N-dealkylation sites (N-methyl/N-ethyl adjacent to an activating group) is 2. The Morgan fingerprint density at radius 3 is 2.50 bits per heavy atom. The standard InChI is InChI=1S/C14H22N2O2/c1-11(16(3)10-9-15-2)14(17)12-5-7-13(18-4)8-6-12/h5-8,11,15H,9-10H2,1-4H3. The zero-order chi connectivity index (χ0) is 13.5. The molecule has 1 aromatic carbocycles. The van der Waals surface area contributed by atoms with E-state index in [2.05, 4.69) is 5.32 Å². The van der Waals surface area contributed by atoms with Crippen molar-refractivity contribution in [3.63, 3.8) is 0 Å². The molecule has 0 spiro atoms. The third kappa shape index (κ3) is 3.82. The second kappa shape index (κ2) is 7.13. The average Bonchev–Trinajstić information content (AvgIpc) is 2.43. The minimum absolute atomic E-state index is 0.119. The fraction of sp³-hybridized carbons (Fsp3) is 0.500. The summed E-state index contributed by atoms with van der Waals surface area (Å²) in [6.45, 7) is 3.65. The lowest BCUT2D eigenvalue weighted by Gasteiger charge is -2.23. The minimum atomic E-state index is -0.119. The maximum Gasteiger partial charge on any atom is 0.179 e. The lowest BCUT2D eigenvalue weighted by atomic mass is 10.0. The highest BCUT2D eigenvalue weighted by Crippen LogP contribution is 2.14. The van der Waals surface area contributed by atoms with Gasteiger partial charge in [-0.05, 0) is 45.3 Å². The molecule has 0 saturated heterocycles. The molecule has 0 amide bonds. The predicted molar refractivity (Wildman–Crippen MR) is 73.3 cm³/mol. The zero-order valence-corrected chi connectivity index (χ0v) is 11.6. The van der Waals surface area contributed by atoms with Crippen molar-refractivity contribution in [1.29, 1.82) is 0 Å². The second-order valence-electron chi connectivity index (χ2n) is 4.35. The number of hydrogen-bond acceptors (Lipinski definition) is 4. The Morgan fingerprint density at radius 2 is 2.00 bits per heavy atom. The maximum atomic E-state index is 12.2. The van der Waals surface area contributed by atoms with Crippen molar-refractivity contribution < 1.29 is 9.53 Å². The van der Waals surface area contributed by atoms with E-state index in [1.807, 2.05) is 50.2 Å². The number of benzene rings is 1. The van der Waals surface area contributed by atoms with Crippen LogP contribution in [0.15, 0.2) is 24.3 Å². The molecule has 1 rings (SSSR count). The van der Waals surface area contributed by atoms with E-state index in [9.17, 15) is 4.79 Å². The van der Waals surface area contributed by atoms with Crippen LogP contribution < -0.4 is 10.1 Å². The molecule has 0 heterocycles. The molecule has 1 atom stereocenters. The van der Waals surface area contributed by atoms with Gasteiger partial charge in [-0.1, -0.05) is 0 Å². The van der Waals surface area contributed by atoms with Crippen molar-refractivity contribution in [3.05, 3.63) is 29.8 Å². The Balaban J connectivity index is 2.67. The molecule has 0 fully saturated rings. The zero-order valence-electron chi connectivity index (χ0n) is 11.6. The van der Waals surface area contributed by atoms with Crippen molar-refractivity contribution in [2.24, 2.45) is 0 Å². The molecule has 0 aliphatic heterocycles. The van der Waals surface area contributed by atoms with E-state index >= 15 is 0 Å². The predicted octanol–water partition coefficient (Wildman–Crippen LogP) is 1.42. The van der Waals surface area contributed by atoms with E-state index in [0.717, 1.165) is 24.4 Å². The van der Waals surface area contributed by atoms with Crippen LogP contribution in [0.2, 0.25) is 0 Å². The molecule has 1 aromatic rings. The summed E-state index contributed by atoms with van der Waals surface area (Å²) in [5, 5.41) is 3.08. The SMILES string of the molecule is CNCCN(C)C(C)C(=O)c1ccc(OC)cc1. The number of nitrogens with one attached hydrogen (secondary N) is 1. The molecular formula is C14H22N2O2. The molecule has 0 aliphatic rings. The molecule has 0 aromatic heterocycles. The van der Waals surface area contributed by atoms with Gasteiger partial charge in [0.05, 0.1) is 13.2 Å². The van der Waals surface area contributed by atoms with Gasteiger partial charge >= 0.3 is 0 Å². The van der Waals surface area contributed by atoms with Crippen LogP contribution in [0.1, 0.15) is 17.3 Å². The summed E-state index contributed by atoms with van der Waals surface area (Å²) in [5.74, 6) is 0.902. The number of methoxy groups -OCH3 is 1. The van der Waals surface area contributed by atoms with Crippen LogP contribution in [0.25, 0.3) is 0 Å². The Labute approximate surface area is 109 Å². The minimum Gasteiger partial charge on any atom is -0.497 e. The van der Waals surface area contributed by atoms with Crippen LogP contribution in [0.4, 0.5) is 0 Å². The van der Waals surface area contributed by atoms with Crippen molar-refractivity contribution in [1.82, 2.24) is 10.2 Å². The van der Waals surface area contributed by atoms with Gasteiger partial charge in [-0.15, -0.1) is 0 Å². The number of carbonyl (C=O) groups is 1. The first kappa shape index (κ1) is 14.7. The van der Waals surface area contributed by atoms with Crippen molar-refractivity contribution in [2.45, 2.75) is 13.0 Å². The number of ketones is 1. The van der Waals surface area contributed by atoms with E-state index in [1.54, 1.807) is 7.11 Å². The third-order valence-corrected chi connectivity index (χ3v) is 3.13. The molecule has 0 aliphatic carbocycles. The first-order chi connectivity index (χ1) is 8.60. The van der Waals surface area contributed by atoms with Gasteiger partial charge in [0.2, 0.25) is 0 Å². The molecule has 18 heavy (non-hydrogen) atoms. The van der Waals surface area contributed by atoms with E-state index < -0.39 is 0 Å². The lowest BCUT2D eigenvalue weighted by Crippen LogP contribution is -2.39. The topological polar surface area (TPSA) is 41.6 Å². The largest absolute Gasteiger partial charge is 0.497 e. The number of nitrogens with zero attached hydrogens (tertiary/aromatic N) is 1. The Hall–Kier alpha value is -1.39. The summed E-state index contributed by atoms with van der Waals surface area (Å²) < 4.78 is 5.08. The van der Waals surface area contributed by atoms with Crippen LogP contribution in [0.3, 0.4) is 0 Å². The maximum absolute atomic E-state index is 12.2. The third-order valence-electron chi connectivity index (χ3n) is 3.13. The fourth-order valence-electron chi connectivity index (χ4n) is 1.68. The summed E-state index contributed by atoms with van der Waals surface area (Å²) in [5.41, 5.74) is 0.722. The monoisotopic (exact) mass is 250 g/mol. The summed E-state index contributed by atoms with van der Waals surface area (Å²) in [7, 11) is 5.48. The number of rotatable bonds is 7. The van der Waals surface area contributed by atoms with Crippen LogP contribution in [0.5, 0.6) is 5.75 Å². The molecule has 0 radical (unpaired) electrons. The van der Waals surface area contributed by atoms with Crippen LogP contribution >= 0.6 is 0 Å². The summed E-state index contributed by atoms with van der Waals surface area (Å²) in [6.07, 6.45) is 0. The lowest BCUT2D eigenvalue weighted by molar-refractivity contribution is 0.0870. The normalized spacial score (nSPS) is 12.5. The number of ether oxygens (including phenoxy) is 1. The molecule has 100 valence electrons. The van der Waals surface area contributed by atoms with Gasteiger partial charge in [-0.3, -0.25) is 9.69 Å². The van der Waals surface area contributed by atoms with E-state index in [1.165, 1.54) is 0 Å². The second-order valence-corrected chi connectivity index (χ2v) is 4.35. The van der Waals surface area contributed by atoms with E-state index in [4.69, 9.17) is 4.74 Å². The molecule has 4 heteroatoms. The van der Waals surface area contributed by atoms with Gasteiger partial charge in [-0.2, -0.15) is 0 Å².